The van der Waals surface area contributed by atoms with Crippen molar-refractivity contribution in [3.8, 4) is 0 Å². The minimum absolute atomic E-state index is 0.508. The van der Waals surface area contributed by atoms with Crippen LogP contribution in [0.4, 0.5) is 0 Å². The van der Waals surface area contributed by atoms with Gasteiger partial charge in [0.1, 0.15) is 6.61 Å². The first-order chi connectivity index (χ1) is 8.38. The van der Waals surface area contributed by atoms with Gasteiger partial charge in [-0.25, -0.2) is 0 Å². The summed E-state index contributed by atoms with van der Waals surface area (Å²) < 4.78 is 16.1. The molecule has 1 aliphatic rings. The van der Waals surface area contributed by atoms with E-state index < -0.39 is 0 Å². The monoisotopic (exact) mass is 240 g/mol. The normalized spacial score (nSPS) is 17.5. The van der Waals surface area contributed by atoms with Crippen LogP contribution < -0.4 is 5.32 Å². The van der Waals surface area contributed by atoms with Crippen molar-refractivity contribution in [3.05, 3.63) is 17.5 Å². The third-order valence-electron chi connectivity index (χ3n) is 2.90. The second-order valence-corrected chi connectivity index (χ2v) is 4.39. The van der Waals surface area contributed by atoms with Crippen LogP contribution in [0.2, 0.25) is 0 Å². The van der Waals surface area contributed by atoms with Crippen molar-refractivity contribution in [2.75, 3.05) is 26.9 Å². The van der Waals surface area contributed by atoms with Crippen LogP contribution in [0.1, 0.15) is 24.3 Å². The maximum absolute atomic E-state index is 5.64. The summed E-state index contributed by atoms with van der Waals surface area (Å²) in [7, 11) is 1.88. The first kappa shape index (κ1) is 12.5. The Balaban J connectivity index is 1.66. The van der Waals surface area contributed by atoms with Gasteiger partial charge in [0.25, 0.3) is 0 Å². The van der Waals surface area contributed by atoms with E-state index in [0.717, 1.165) is 50.7 Å². The summed E-state index contributed by atoms with van der Waals surface area (Å²) >= 11 is 0. The molecule has 17 heavy (non-hydrogen) atoms. The van der Waals surface area contributed by atoms with E-state index in [1.54, 1.807) is 0 Å². The summed E-state index contributed by atoms with van der Waals surface area (Å²) in [6.45, 7) is 3.74. The highest BCUT2D eigenvalue weighted by Gasteiger charge is 2.14. The fraction of sp³-hybridized carbons (Fsp3) is 0.750. The van der Waals surface area contributed by atoms with Gasteiger partial charge in [-0.2, -0.15) is 0 Å². The zero-order valence-corrected chi connectivity index (χ0v) is 10.3. The number of rotatable bonds is 6. The molecule has 1 aromatic rings. The van der Waals surface area contributed by atoms with Gasteiger partial charge in [0.05, 0.1) is 12.3 Å². The van der Waals surface area contributed by atoms with E-state index in [-0.39, 0.29) is 0 Å². The van der Waals surface area contributed by atoms with Gasteiger partial charge in [0.15, 0.2) is 5.76 Å². The number of nitrogens with zero attached hydrogens (tertiary/aromatic N) is 1. The second kappa shape index (κ2) is 6.74. The molecule has 96 valence electrons. The lowest BCUT2D eigenvalue weighted by atomic mass is 10.0. The van der Waals surface area contributed by atoms with E-state index in [2.05, 4.69) is 10.5 Å². The quantitative estimate of drug-likeness (QED) is 0.813. The lowest BCUT2D eigenvalue weighted by molar-refractivity contribution is 0.0109. The molecule has 0 saturated carbocycles. The average molecular weight is 240 g/mol. The molecule has 1 aromatic heterocycles. The molecule has 2 heterocycles. The summed E-state index contributed by atoms with van der Waals surface area (Å²) in [6, 6.07) is 1.93. The third-order valence-corrected chi connectivity index (χ3v) is 2.90. The SMILES string of the molecule is CNCc1cc(COCC2CCOCC2)on1. The molecule has 5 nitrogen and oxygen atoms in total. The zero-order valence-electron chi connectivity index (χ0n) is 10.3. The smallest absolute Gasteiger partial charge is 0.162 e. The Hall–Kier alpha value is -0.910. The van der Waals surface area contributed by atoms with Crippen LogP contribution in [-0.4, -0.2) is 32.0 Å². The Bertz CT molecular complexity index is 321. The van der Waals surface area contributed by atoms with Crippen molar-refractivity contribution >= 4 is 0 Å². The Morgan fingerprint density at radius 2 is 2.29 bits per heavy atom. The van der Waals surface area contributed by atoms with E-state index in [4.69, 9.17) is 14.0 Å². The molecular formula is C12H20N2O3. The highest BCUT2D eigenvalue weighted by atomic mass is 16.5. The molecule has 0 spiro atoms. The summed E-state index contributed by atoms with van der Waals surface area (Å²) in [5.74, 6) is 1.42. The van der Waals surface area contributed by atoms with Crippen LogP contribution in [0.5, 0.6) is 0 Å². The maximum Gasteiger partial charge on any atom is 0.162 e. The van der Waals surface area contributed by atoms with E-state index >= 15 is 0 Å². The zero-order chi connectivity index (χ0) is 11.9. The highest BCUT2D eigenvalue weighted by molar-refractivity contribution is 5.03. The van der Waals surface area contributed by atoms with Crippen LogP contribution in [0.25, 0.3) is 0 Å². The molecule has 1 saturated heterocycles. The molecule has 1 N–H and O–H groups in total. The molecule has 0 bridgehead atoms. The van der Waals surface area contributed by atoms with Gasteiger partial charge in [-0.05, 0) is 25.8 Å². The molecule has 2 rings (SSSR count). The van der Waals surface area contributed by atoms with Gasteiger partial charge < -0.3 is 19.3 Å². The second-order valence-electron chi connectivity index (χ2n) is 4.39. The van der Waals surface area contributed by atoms with Gasteiger partial charge >= 0.3 is 0 Å². The fourth-order valence-electron chi connectivity index (χ4n) is 1.93. The van der Waals surface area contributed by atoms with Crippen molar-refractivity contribution in [2.24, 2.45) is 5.92 Å². The van der Waals surface area contributed by atoms with E-state index in [1.165, 1.54) is 0 Å². The first-order valence-corrected chi connectivity index (χ1v) is 6.13. The molecule has 1 fully saturated rings. The van der Waals surface area contributed by atoms with Gasteiger partial charge in [-0.1, -0.05) is 5.16 Å². The van der Waals surface area contributed by atoms with Crippen LogP contribution >= 0.6 is 0 Å². The minimum atomic E-state index is 0.508. The topological polar surface area (TPSA) is 56.5 Å². The average Bonchev–Trinajstić information content (AvgIpc) is 2.79. The molecule has 0 atom stereocenters. The van der Waals surface area contributed by atoms with Crippen LogP contribution in [0.15, 0.2) is 10.6 Å². The van der Waals surface area contributed by atoms with E-state index in [1.807, 2.05) is 13.1 Å². The number of hydrogen-bond acceptors (Lipinski definition) is 5. The number of hydrogen-bond donors (Lipinski definition) is 1. The molecule has 0 radical (unpaired) electrons. The fourth-order valence-corrected chi connectivity index (χ4v) is 1.93. The molecule has 0 aromatic carbocycles. The number of nitrogens with one attached hydrogen (secondary N) is 1. The Kier molecular flexibility index (Phi) is 4.97. The van der Waals surface area contributed by atoms with Gasteiger partial charge in [-0.3, -0.25) is 0 Å². The van der Waals surface area contributed by atoms with Crippen molar-refractivity contribution in [3.63, 3.8) is 0 Å². The molecule has 5 heteroatoms. The molecule has 0 amide bonds. The van der Waals surface area contributed by atoms with Crippen LogP contribution in [0.3, 0.4) is 0 Å². The summed E-state index contributed by atoms with van der Waals surface area (Å²) in [5, 5.41) is 6.96. The Morgan fingerprint density at radius 1 is 1.47 bits per heavy atom. The number of ether oxygens (including phenoxy) is 2. The van der Waals surface area contributed by atoms with Crippen LogP contribution in [-0.2, 0) is 22.6 Å². The van der Waals surface area contributed by atoms with Crippen molar-refractivity contribution in [2.45, 2.75) is 26.0 Å². The summed E-state index contributed by atoms with van der Waals surface area (Å²) in [4.78, 5) is 0. The van der Waals surface area contributed by atoms with Crippen molar-refractivity contribution in [1.29, 1.82) is 0 Å². The van der Waals surface area contributed by atoms with Gasteiger partial charge in [0.2, 0.25) is 0 Å². The van der Waals surface area contributed by atoms with Crippen molar-refractivity contribution < 1.29 is 14.0 Å². The number of aromatic nitrogens is 1. The molecule has 0 aliphatic carbocycles. The predicted octanol–water partition coefficient (Wildman–Crippen LogP) is 1.34. The highest BCUT2D eigenvalue weighted by Crippen LogP contribution is 2.15. The van der Waals surface area contributed by atoms with E-state index in [0.29, 0.717) is 12.5 Å². The van der Waals surface area contributed by atoms with Gasteiger partial charge in [0, 0.05) is 25.8 Å². The van der Waals surface area contributed by atoms with Crippen molar-refractivity contribution in [1.82, 2.24) is 10.5 Å². The molecule has 0 unspecified atom stereocenters. The molecule has 1 aliphatic heterocycles. The maximum atomic E-state index is 5.64. The first-order valence-electron chi connectivity index (χ1n) is 6.13. The summed E-state index contributed by atoms with van der Waals surface area (Å²) in [5.41, 5.74) is 0.914. The Morgan fingerprint density at radius 3 is 3.06 bits per heavy atom. The van der Waals surface area contributed by atoms with Crippen LogP contribution in [0, 0.1) is 5.92 Å². The Labute approximate surface area is 101 Å². The third kappa shape index (κ3) is 4.11. The lowest BCUT2D eigenvalue weighted by Gasteiger charge is -2.21. The standard InChI is InChI=1S/C12H20N2O3/c1-13-7-11-6-12(17-14-11)9-16-8-10-2-4-15-5-3-10/h6,10,13H,2-5,7-9H2,1H3. The largest absolute Gasteiger partial charge is 0.381 e. The predicted molar refractivity (Wildman–Crippen MR) is 62.5 cm³/mol. The lowest BCUT2D eigenvalue weighted by Crippen LogP contribution is -2.20. The summed E-state index contributed by atoms with van der Waals surface area (Å²) in [6.07, 6.45) is 2.20. The van der Waals surface area contributed by atoms with Gasteiger partial charge in [-0.15, -0.1) is 0 Å². The van der Waals surface area contributed by atoms with E-state index in [9.17, 15) is 0 Å². The molecular weight excluding hydrogens is 220 g/mol. The minimum Gasteiger partial charge on any atom is -0.381 e.